The minimum atomic E-state index is -0.203. The lowest BCUT2D eigenvalue weighted by atomic mass is 9.58. The van der Waals surface area contributed by atoms with Crippen molar-refractivity contribution in [3.8, 4) is 0 Å². The molecule has 1 saturated carbocycles. The zero-order valence-corrected chi connectivity index (χ0v) is 14.8. The van der Waals surface area contributed by atoms with Crippen LogP contribution in [-0.4, -0.2) is 46.4 Å². The highest BCUT2D eigenvalue weighted by Gasteiger charge is 2.56. The third-order valence-electron chi connectivity index (χ3n) is 5.16. The van der Waals surface area contributed by atoms with Gasteiger partial charge in [0, 0.05) is 48.5 Å². The van der Waals surface area contributed by atoms with Gasteiger partial charge in [-0.1, -0.05) is 20.8 Å². The first-order valence-corrected chi connectivity index (χ1v) is 9.03. The quantitative estimate of drug-likeness (QED) is 0.925. The first kappa shape index (κ1) is 16.1. The number of aliphatic hydroxyl groups excluding tert-OH is 1. The van der Waals surface area contributed by atoms with Crippen LogP contribution < -0.4 is 4.90 Å². The van der Waals surface area contributed by atoms with E-state index in [-0.39, 0.29) is 23.0 Å². The number of aromatic nitrogens is 2. The molecule has 1 aromatic heterocycles. The van der Waals surface area contributed by atoms with Gasteiger partial charge >= 0.3 is 0 Å². The molecule has 22 heavy (non-hydrogen) atoms. The lowest BCUT2D eigenvalue weighted by molar-refractivity contribution is -0.199. The van der Waals surface area contributed by atoms with Crippen LogP contribution >= 0.6 is 11.5 Å². The second-order valence-electron chi connectivity index (χ2n) is 7.57. The molecular weight excluding hydrogens is 298 g/mol. The summed E-state index contributed by atoms with van der Waals surface area (Å²) in [5, 5.41) is 11.3. The molecule has 5 nitrogen and oxygen atoms in total. The summed E-state index contributed by atoms with van der Waals surface area (Å²) in [6, 6.07) is 0. The highest BCUT2D eigenvalue weighted by atomic mass is 32.1. The predicted molar refractivity (Wildman–Crippen MR) is 88.5 cm³/mol. The molecule has 2 fully saturated rings. The summed E-state index contributed by atoms with van der Waals surface area (Å²) in [6.07, 6.45) is 2.77. The molecule has 3 rings (SSSR count). The van der Waals surface area contributed by atoms with Gasteiger partial charge in [-0.05, 0) is 19.8 Å². The van der Waals surface area contributed by atoms with E-state index in [9.17, 15) is 5.11 Å². The summed E-state index contributed by atoms with van der Waals surface area (Å²) >= 11 is 1.49. The summed E-state index contributed by atoms with van der Waals surface area (Å²) in [7, 11) is 0. The fourth-order valence-corrected chi connectivity index (χ4v) is 4.49. The van der Waals surface area contributed by atoms with Crippen molar-refractivity contribution < 1.29 is 9.84 Å². The molecule has 2 aliphatic rings. The number of nitrogens with zero attached hydrogens (tertiary/aromatic N) is 3. The van der Waals surface area contributed by atoms with E-state index >= 15 is 0 Å². The van der Waals surface area contributed by atoms with E-state index in [0.717, 1.165) is 49.9 Å². The average Bonchev–Trinajstić information content (AvgIpc) is 2.97. The van der Waals surface area contributed by atoms with Gasteiger partial charge in [-0.25, -0.2) is 4.98 Å². The average molecular weight is 325 g/mol. The van der Waals surface area contributed by atoms with E-state index in [1.165, 1.54) is 11.5 Å². The smallest absolute Gasteiger partial charge is 0.205 e. The first-order chi connectivity index (χ1) is 10.4. The Kier molecular flexibility index (Phi) is 4.20. The monoisotopic (exact) mass is 325 g/mol. The Bertz CT molecular complexity index is 516. The van der Waals surface area contributed by atoms with Crippen molar-refractivity contribution in [3.63, 3.8) is 0 Å². The number of ether oxygens (including phenoxy) is 1. The Morgan fingerprint density at radius 2 is 2.05 bits per heavy atom. The molecule has 1 aliphatic carbocycles. The molecule has 1 saturated heterocycles. The van der Waals surface area contributed by atoms with Crippen LogP contribution in [0.2, 0.25) is 0 Å². The number of piperidine rings is 1. The van der Waals surface area contributed by atoms with Gasteiger partial charge in [0.05, 0.1) is 12.2 Å². The largest absolute Gasteiger partial charge is 0.392 e. The van der Waals surface area contributed by atoms with Gasteiger partial charge in [0.1, 0.15) is 5.82 Å². The molecule has 1 N–H and O–H groups in total. The molecule has 6 heteroatoms. The molecule has 1 spiro atoms. The van der Waals surface area contributed by atoms with E-state index in [0.29, 0.717) is 0 Å². The standard InChI is InChI=1S/C16H27N3O2S/c1-5-21-12-10-11(20)16(12)6-8-19(9-7-16)14-17-13(18-22-14)15(2,3)4/h11-12,20H,5-10H2,1-4H3. The summed E-state index contributed by atoms with van der Waals surface area (Å²) in [4.78, 5) is 7.02. The number of aliphatic hydroxyl groups is 1. The highest BCUT2D eigenvalue weighted by Crippen LogP contribution is 2.51. The molecule has 2 unspecified atom stereocenters. The molecule has 2 atom stereocenters. The second kappa shape index (κ2) is 5.73. The third kappa shape index (κ3) is 2.65. The third-order valence-corrected chi connectivity index (χ3v) is 5.94. The van der Waals surface area contributed by atoms with Gasteiger partial charge in [-0.2, -0.15) is 4.37 Å². The summed E-state index contributed by atoms with van der Waals surface area (Å²) in [6.45, 7) is 11.0. The number of hydrogen-bond donors (Lipinski definition) is 1. The Hall–Kier alpha value is -0.720. The Balaban J connectivity index is 1.65. The zero-order valence-electron chi connectivity index (χ0n) is 14.0. The van der Waals surface area contributed by atoms with Crippen molar-refractivity contribution >= 4 is 16.7 Å². The number of anilines is 1. The molecule has 1 aromatic rings. The minimum absolute atomic E-state index is 0.00398. The van der Waals surface area contributed by atoms with Crippen LogP contribution in [0, 0.1) is 5.41 Å². The predicted octanol–water partition coefficient (Wildman–Crippen LogP) is 2.59. The molecule has 124 valence electrons. The van der Waals surface area contributed by atoms with Crippen LogP contribution in [-0.2, 0) is 10.2 Å². The summed E-state index contributed by atoms with van der Waals surface area (Å²) in [5.41, 5.74) is -0.0277. The highest BCUT2D eigenvalue weighted by molar-refractivity contribution is 7.09. The Morgan fingerprint density at radius 3 is 2.55 bits per heavy atom. The Morgan fingerprint density at radius 1 is 1.36 bits per heavy atom. The molecule has 0 aromatic carbocycles. The van der Waals surface area contributed by atoms with E-state index in [2.05, 4.69) is 30.0 Å². The zero-order chi connectivity index (χ0) is 16.0. The Labute approximate surface area is 136 Å². The second-order valence-corrected chi connectivity index (χ2v) is 8.30. The van der Waals surface area contributed by atoms with Crippen molar-refractivity contribution in [2.24, 2.45) is 5.41 Å². The molecular formula is C16H27N3O2S. The minimum Gasteiger partial charge on any atom is -0.392 e. The normalized spacial score (nSPS) is 28.0. The van der Waals surface area contributed by atoms with Gasteiger partial charge in [-0.3, -0.25) is 0 Å². The molecule has 0 bridgehead atoms. The molecule has 0 radical (unpaired) electrons. The van der Waals surface area contributed by atoms with Crippen LogP contribution in [0.15, 0.2) is 0 Å². The van der Waals surface area contributed by atoms with E-state index < -0.39 is 0 Å². The van der Waals surface area contributed by atoms with Crippen molar-refractivity contribution in [1.29, 1.82) is 0 Å². The van der Waals surface area contributed by atoms with Crippen molar-refractivity contribution in [2.45, 2.75) is 64.6 Å². The maximum atomic E-state index is 10.3. The van der Waals surface area contributed by atoms with E-state index in [1.54, 1.807) is 0 Å². The van der Waals surface area contributed by atoms with Crippen LogP contribution in [0.25, 0.3) is 0 Å². The maximum absolute atomic E-state index is 10.3. The van der Waals surface area contributed by atoms with Crippen LogP contribution in [0.3, 0.4) is 0 Å². The molecule has 2 heterocycles. The van der Waals surface area contributed by atoms with Gasteiger partial charge in [0.2, 0.25) is 5.13 Å². The summed E-state index contributed by atoms with van der Waals surface area (Å²) < 4.78 is 10.3. The van der Waals surface area contributed by atoms with Gasteiger partial charge in [0.25, 0.3) is 0 Å². The first-order valence-electron chi connectivity index (χ1n) is 8.25. The van der Waals surface area contributed by atoms with E-state index in [4.69, 9.17) is 9.72 Å². The topological polar surface area (TPSA) is 58.5 Å². The van der Waals surface area contributed by atoms with Gasteiger partial charge in [-0.15, -0.1) is 0 Å². The van der Waals surface area contributed by atoms with Gasteiger partial charge in [0.15, 0.2) is 0 Å². The molecule has 0 amide bonds. The molecule has 1 aliphatic heterocycles. The number of hydrogen-bond acceptors (Lipinski definition) is 6. The van der Waals surface area contributed by atoms with Crippen molar-refractivity contribution in [1.82, 2.24) is 9.36 Å². The van der Waals surface area contributed by atoms with Crippen molar-refractivity contribution in [3.05, 3.63) is 5.82 Å². The van der Waals surface area contributed by atoms with Crippen LogP contribution in [0.5, 0.6) is 0 Å². The fourth-order valence-electron chi connectivity index (χ4n) is 3.58. The number of rotatable bonds is 3. The SMILES string of the molecule is CCOC1CC(O)C12CCN(c1nc(C(C)(C)C)ns1)CC2. The lowest BCUT2D eigenvalue weighted by Crippen LogP contribution is -2.62. The van der Waals surface area contributed by atoms with E-state index in [1.807, 2.05) is 6.92 Å². The van der Waals surface area contributed by atoms with Crippen LogP contribution in [0.4, 0.5) is 5.13 Å². The lowest BCUT2D eigenvalue weighted by Gasteiger charge is -2.56. The van der Waals surface area contributed by atoms with Crippen molar-refractivity contribution in [2.75, 3.05) is 24.6 Å². The fraction of sp³-hybridized carbons (Fsp3) is 0.875. The van der Waals surface area contributed by atoms with Gasteiger partial charge < -0.3 is 14.7 Å². The maximum Gasteiger partial charge on any atom is 0.205 e. The van der Waals surface area contributed by atoms with Crippen LogP contribution in [0.1, 0.15) is 52.8 Å². The summed E-state index contributed by atoms with van der Waals surface area (Å²) in [5.74, 6) is 0.920.